The molecule has 0 aromatic heterocycles. The number of rotatable bonds is 29. The van der Waals surface area contributed by atoms with E-state index in [1.165, 1.54) is 0 Å². The third-order valence-electron chi connectivity index (χ3n) is 19.5. The van der Waals surface area contributed by atoms with E-state index in [1.54, 1.807) is 7.11 Å². The maximum atomic E-state index is 11.8. The second kappa shape index (κ2) is 30.0. The number of aliphatic hydroxyl groups excluding tert-OH is 1. The molecule has 1 unspecified atom stereocenters. The fraction of sp³-hybridized carbons (Fsp3) is 0.611. The molecule has 1 aliphatic rings. The Hall–Kier alpha value is -3.47. The van der Waals surface area contributed by atoms with Crippen molar-refractivity contribution < 1.29 is 37.3 Å². The van der Waals surface area contributed by atoms with Crippen LogP contribution in [0.4, 0.5) is 0 Å². The highest BCUT2D eigenvalue weighted by Gasteiger charge is 2.45. The Morgan fingerprint density at radius 2 is 1.07 bits per heavy atom. The normalized spacial score (nSPS) is 20.6. The summed E-state index contributed by atoms with van der Waals surface area (Å²) >= 11 is 0. The molecule has 83 heavy (non-hydrogen) atoms. The van der Waals surface area contributed by atoms with Gasteiger partial charge < -0.3 is 37.3 Å². The highest BCUT2D eigenvalue weighted by Crippen LogP contribution is 2.45. The van der Waals surface area contributed by atoms with Crippen molar-refractivity contribution in [1.82, 2.24) is 0 Å². The predicted molar refractivity (Wildman–Crippen MR) is 356 cm³/mol. The zero-order valence-corrected chi connectivity index (χ0v) is 58.8. The molecule has 1 fully saturated rings. The first-order valence-electron chi connectivity index (χ1n) is 31.4. The molecule has 12 atom stereocenters. The molecular formula is C72H114O8Si3. The van der Waals surface area contributed by atoms with Crippen LogP contribution in [-0.4, -0.2) is 80.9 Å². The summed E-state index contributed by atoms with van der Waals surface area (Å²) in [6.07, 6.45) is 11.3. The number of methoxy groups -OCH3 is 1. The zero-order valence-electron chi connectivity index (χ0n) is 55.8. The fourth-order valence-corrected chi connectivity index (χ4v) is 15.1. The van der Waals surface area contributed by atoms with Gasteiger partial charge in [-0.15, -0.1) is 0 Å². The van der Waals surface area contributed by atoms with Crippen LogP contribution >= 0.6 is 0 Å². The summed E-state index contributed by atoms with van der Waals surface area (Å²) in [6, 6.07) is 39.7. The Kier molecular flexibility index (Phi) is 25.4. The van der Waals surface area contributed by atoms with E-state index in [9.17, 15) is 5.11 Å². The quantitative estimate of drug-likeness (QED) is 0.0327. The fourth-order valence-electron chi connectivity index (χ4n) is 10.9. The third kappa shape index (κ3) is 19.0. The first kappa shape index (κ1) is 70.3. The molecule has 462 valence electrons. The van der Waals surface area contributed by atoms with E-state index < -0.39 is 42.9 Å². The SMILES string of the molecule is COc1ccc(C2OC[C@H](C)[C@@H]([C@@H](C)[C@H](O)CC[C@H](C)C[C@H](C)[C@@H](O[Si](C)(C)C(C)(C)C)[C@@H](C)C=C[C@H](C[C@H](O[Si](C)(C)C(C)(C)C)[C@H](C)C=CCOC(c3ccccc3)(c3ccccc3)c3ccccc3)O[Si](C)(C)C(C)(C)C)O2)cc1. The molecule has 0 aliphatic carbocycles. The average Bonchev–Trinajstić information content (AvgIpc) is 3.48. The molecule has 1 saturated heterocycles. The average molecular weight is 1190 g/mol. The summed E-state index contributed by atoms with van der Waals surface area (Å²) in [5, 5.41) is 11.9. The van der Waals surface area contributed by atoms with Gasteiger partial charge in [-0.25, -0.2) is 0 Å². The number of hydrogen-bond acceptors (Lipinski definition) is 8. The monoisotopic (exact) mass is 1190 g/mol. The minimum atomic E-state index is -2.28. The van der Waals surface area contributed by atoms with Gasteiger partial charge in [0.25, 0.3) is 0 Å². The van der Waals surface area contributed by atoms with Gasteiger partial charge in [0.2, 0.25) is 0 Å². The van der Waals surface area contributed by atoms with E-state index in [1.807, 2.05) is 24.3 Å². The molecule has 4 aromatic carbocycles. The molecule has 4 aromatic rings. The minimum Gasteiger partial charge on any atom is -0.497 e. The van der Waals surface area contributed by atoms with E-state index in [4.69, 9.17) is 32.2 Å². The van der Waals surface area contributed by atoms with Crippen LogP contribution in [-0.2, 0) is 33.1 Å². The van der Waals surface area contributed by atoms with Gasteiger partial charge in [-0.3, -0.25) is 0 Å². The molecule has 1 aliphatic heterocycles. The second-order valence-corrected chi connectivity index (χ2v) is 43.6. The van der Waals surface area contributed by atoms with Gasteiger partial charge in [0.1, 0.15) is 11.4 Å². The number of benzene rings is 4. The lowest BCUT2D eigenvalue weighted by molar-refractivity contribution is -0.256. The Bertz CT molecular complexity index is 2470. The standard InChI is InChI=1S/C72H114O8Si3/c1-52(40-47-64(73)57(6)67-56(5)51-75-68(77-67)58-42-45-62(74-16)46-43-58)49-55(4)66(80-83(21,22)71(13,14)15)54(3)41-44-63(78-81(17,18)69(7,8)9)50-65(79-82(19,20)70(10,11)12)53(2)33-32-48-76-72(59-34-26-23-27-35-59,60-36-28-24-29-37-60)61-38-30-25-31-39-61/h23-39,41-46,52-57,63-68,73H,40,47-51H2,1-22H3/t52-,53+,54-,55-,56-,57-,63+,64+,65-,66-,67-,68?/m0/s1. The topological polar surface area (TPSA) is 84.8 Å². The second-order valence-electron chi connectivity index (χ2n) is 29.4. The third-order valence-corrected chi connectivity index (χ3v) is 33.0. The molecule has 0 radical (unpaired) electrons. The Morgan fingerprint density at radius 3 is 1.55 bits per heavy atom. The first-order chi connectivity index (χ1) is 38.6. The summed E-state index contributed by atoms with van der Waals surface area (Å²) < 4.78 is 48.0. The van der Waals surface area contributed by atoms with Crippen molar-refractivity contribution in [3.8, 4) is 5.75 Å². The van der Waals surface area contributed by atoms with Crippen molar-refractivity contribution in [3.05, 3.63) is 162 Å². The zero-order chi connectivity index (χ0) is 61.8. The van der Waals surface area contributed by atoms with Gasteiger partial charge in [-0.2, -0.15) is 0 Å². The number of aliphatic hydroxyl groups is 1. The van der Waals surface area contributed by atoms with Gasteiger partial charge in [0.15, 0.2) is 31.2 Å². The highest BCUT2D eigenvalue weighted by molar-refractivity contribution is 6.75. The summed E-state index contributed by atoms with van der Waals surface area (Å²) in [7, 11) is -5.09. The molecule has 0 saturated carbocycles. The minimum absolute atomic E-state index is 0.00532. The van der Waals surface area contributed by atoms with Crippen molar-refractivity contribution in [1.29, 1.82) is 0 Å². The van der Waals surface area contributed by atoms with Crippen LogP contribution in [0, 0.1) is 35.5 Å². The van der Waals surface area contributed by atoms with Crippen LogP contribution in [0.25, 0.3) is 0 Å². The van der Waals surface area contributed by atoms with Gasteiger partial charge in [-0.05, 0) is 126 Å². The summed E-state index contributed by atoms with van der Waals surface area (Å²) in [6.45, 7) is 50.0. The molecular weight excluding hydrogens is 1080 g/mol. The lowest BCUT2D eigenvalue weighted by Gasteiger charge is -2.44. The van der Waals surface area contributed by atoms with E-state index >= 15 is 0 Å². The van der Waals surface area contributed by atoms with Crippen molar-refractivity contribution in [2.24, 2.45) is 35.5 Å². The van der Waals surface area contributed by atoms with Crippen molar-refractivity contribution in [2.45, 2.75) is 226 Å². The molecule has 8 nitrogen and oxygen atoms in total. The molecule has 5 rings (SSSR count). The molecule has 0 bridgehead atoms. The Labute approximate surface area is 509 Å². The van der Waals surface area contributed by atoms with E-state index in [0.29, 0.717) is 25.6 Å². The maximum absolute atomic E-state index is 11.8. The highest BCUT2D eigenvalue weighted by atomic mass is 28.4. The molecule has 11 heteroatoms. The van der Waals surface area contributed by atoms with Crippen molar-refractivity contribution >= 4 is 25.0 Å². The summed E-state index contributed by atoms with van der Waals surface area (Å²) in [5.41, 5.74) is 3.40. The Morgan fingerprint density at radius 1 is 0.590 bits per heavy atom. The first-order valence-corrected chi connectivity index (χ1v) is 40.1. The lowest BCUT2D eigenvalue weighted by Crippen LogP contribution is -2.48. The van der Waals surface area contributed by atoms with Gasteiger partial charge in [0.05, 0.1) is 50.8 Å². The largest absolute Gasteiger partial charge is 0.497 e. The lowest BCUT2D eigenvalue weighted by atomic mass is 9.80. The molecule has 0 amide bonds. The van der Waals surface area contributed by atoms with Crippen LogP contribution in [0.3, 0.4) is 0 Å². The number of hydrogen-bond donors (Lipinski definition) is 1. The smallest absolute Gasteiger partial charge is 0.192 e. The maximum Gasteiger partial charge on any atom is 0.192 e. The van der Waals surface area contributed by atoms with Crippen LogP contribution in [0.2, 0.25) is 54.4 Å². The summed E-state index contributed by atoms with van der Waals surface area (Å²) in [4.78, 5) is 0. The van der Waals surface area contributed by atoms with Gasteiger partial charge in [-0.1, -0.05) is 231 Å². The van der Waals surface area contributed by atoms with E-state index in [2.05, 4.69) is 258 Å². The van der Waals surface area contributed by atoms with Crippen molar-refractivity contribution in [3.63, 3.8) is 0 Å². The molecule has 0 spiro atoms. The molecule has 1 heterocycles. The Balaban J connectivity index is 1.40. The van der Waals surface area contributed by atoms with E-state index in [-0.39, 0.29) is 69.1 Å². The van der Waals surface area contributed by atoms with Crippen LogP contribution in [0.1, 0.15) is 158 Å². The van der Waals surface area contributed by atoms with Gasteiger partial charge in [0, 0.05) is 23.8 Å². The van der Waals surface area contributed by atoms with Crippen molar-refractivity contribution in [2.75, 3.05) is 20.3 Å². The van der Waals surface area contributed by atoms with Crippen LogP contribution in [0.15, 0.2) is 140 Å². The predicted octanol–water partition coefficient (Wildman–Crippen LogP) is 19.1. The van der Waals surface area contributed by atoms with Crippen LogP contribution < -0.4 is 4.74 Å². The summed E-state index contributed by atoms with van der Waals surface area (Å²) in [5.74, 6) is 1.73. The molecule has 1 N–H and O–H groups in total. The number of ether oxygens (including phenoxy) is 4. The van der Waals surface area contributed by atoms with Gasteiger partial charge >= 0.3 is 0 Å². The van der Waals surface area contributed by atoms with E-state index in [0.717, 1.165) is 47.3 Å². The van der Waals surface area contributed by atoms with Crippen LogP contribution in [0.5, 0.6) is 5.75 Å².